The number of hydrogen-bond donors (Lipinski definition) is 1. The number of nitro benzene ring substituents is 1. The van der Waals surface area contributed by atoms with Crippen molar-refractivity contribution in [2.45, 2.75) is 25.8 Å². The van der Waals surface area contributed by atoms with Gasteiger partial charge in [-0.15, -0.1) is 0 Å². The van der Waals surface area contributed by atoms with E-state index in [2.05, 4.69) is 16.4 Å². The highest BCUT2D eigenvalue weighted by Gasteiger charge is 2.15. The Hall–Kier alpha value is -2.92. The number of aromatic nitrogens is 1. The lowest BCUT2D eigenvalue weighted by Crippen LogP contribution is -2.14. The fraction of sp³-hybridized carbons (Fsp3) is 0.235. The van der Waals surface area contributed by atoms with Crippen molar-refractivity contribution in [1.82, 2.24) is 4.98 Å². The third-order valence-electron chi connectivity index (χ3n) is 3.76. The lowest BCUT2D eigenvalue weighted by molar-refractivity contribution is -0.384. The number of amides is 1. The van der Waals surface area contributed by atoms with Gasteiger partial charge in [-0.1, -0.05) is 17.8 Å². The number of aryl methyl sites for hydroxylation is 1. The van der Waals surface area contributed by atoms with Gasteiger partial charge in [0.05, 0.1) is 16.2 Å². The average Bonchev–Trinajstić information content (AvgIpc) is 2.58. The number of benzene rings is 1. The molecule has 0 fully saturated rings. The molecule has 0 bridgehead atoms. The summed E-state index contributed by atoms with van der Waals surface area (Å²) in [5, 5.41) is 23.2. The van der Waals surface area contributed by atoms with Gasteiger partial charge in [0.15, 0.2) is 0 Å². The second-order valence-corrected chi connectivity index (χ2v) is 6.35. The summed E-state index contributed by atoms with van der Waals surface area (Å²) in [6, 6.07) is 7.86. The molecule has 1 heterocycles. The third kappa shape index (κ3) is 4.33. The smallest absolute Gasteiger partial charge is 0.271 e. The Kier molecular flexibility index (Phi) is 5.72. The summed E-state index contributed by atoms with van der Waals surface area (Å²) < 4.78 is 0. The minimum Gasteiger partial charge on any atom is -0.325 e. The second-order valence-electron chi connectivity index (χ2n) is 5.38. The zero-order valence-corrected chi connectivity index (χ0v) is 14.8. The summed E-state index contributed by atoms with van der Waals surface area (Å²) in [6.45, 7) is 5.62. The zero-order chi connectivity index (χ0) is 18.6. The van der Waals surface area contributed by atoms with E-state index in [4.69, 9.17) is 0 Å². The lowest BCUT2D eigenvalue weighted by atomic mass is 10.1. The largest absolute Gasteiger partial charge is 0.325 e. The van der Waals surface area contributed by atoms with Crippen molar-refractivity contribution < 1.29 is 9.72 Å². The van der Waals surface area contributed by atoms with E-state index < -0.39 is 4.92 Å². The Bertz CT molecular complexity index is 890. The number of hydrogen-bond acceptors (Lipinski definition) is 6. The van der Waals surface area contributed by atoms with E-state index >= 15 is 0 Å². The topological polar surface area (TPSA) is 109 Å². The van der Waals surface area contributed by atoms with E-state index in [1.54, 1.807) is 6.07 Å². The van der Waals surface area contributed by atoms with Crippen LogP contribution in [0, 0.1) is 42.2 Å². The van der Waals surface area contributed by atoms with Crippen molar-refractivity contribution in [2.75, 3.05) is 11.1 Å². The van der Waals surface area contributed by atoms with Gasteiger partial charge in [0, 0.05) is 23.5 Å². The predicted molar refractivity (Wildman–Crippen MR) is 95.6 cm³/mol. The molecule has 1 N–H and O–H groups in total. The first kappa shape index (κ1) is 18.4. The number of anilines is 1. The highest BCUT2D eigenvalue weighted by molar-refractivity contribution is 8.00. The van der Waals surface area contributed by atoms with Crippen LogP contribution in [0.15, 0.2) is 29.3 Å². The fourth-order valence-electron chi connectivity index (χ4n) is 2.18. The number of non-ortho nitro benzene ring substituents is 1. The summed E-state index contributed by atoms with van der Waals surface area (Å²) in [7, 11) is 0. The average molecular weight is 356 g/mol. The van der Waals surface area contributed by atoms with E-state index in [0.717, 1.165) is 16.8 Å². The Morgan fingerprint density at radius 1 is 1.36 bits per heavy atom. The van der Waals surface area contributed by atoms with Gasteiger partial charge in [-0.2, -0.15) is 5.26 Å². The van der Waals surface area contributed by atoms with Gasteiger partial charge < -0.3 is 5.32 Å². The number of nitriles is 1. The van der Waals surface area contributed by atoms with Crippen molar-refractivity contribution >= 4 is 29.0 Å². The molecule has 0 saturated carbocycles. The van der Waals surface area contributed by atoms with Gasteiger partial charge in [-0.3, -0.25) is 14.9 Å². The quantitative estimate of drug-likeness (QED) is 0.499. The van der Waals surface area contributed by atoms with Crippen LogP contribution in [0.1, 0.15) is 22.4 Å². The molecule has 25 heavy (non-hydrogen) atoms. The molecule has 0 unspecified atom stereocenters. The molecule has 0 spiro atoms. The minimum atomic E-state index is -0.522. The number of carbonyl (C=O) groups excluding carboxylic acids is 1. The van der Waals surface area contributed by atoms with Crippen molar-refractivity contribution in [2.24, 2.45) is 0 Å². The summed E-state index contributed by atoms with van der Waals surface area (Å²) >= 11 is 1.17. The molecule has 0 radical (unpaired) electrons. The second kappa shape index (κ2) is 7.77. The molecular formula is C17H16N4O3S. The molecular weight excluding hydrogens is 340 g/mol. The van der Waals surface area contributed by atoms with Gasteiger partial charge in [0.2, 0.25) is 5.91 Å². The predicted octanol–water partition coefficient (Wildman–Crippen LogP) is 3.52. The van der Waals surface area contributed by atoms with Crippen LogP contribution in [0.2, 0.25) is 0 Å². The molecule has 1 aromatic carbocycles. The maximum atomic E-state index is 12.1. The summed E-state index contributed by atoms with van der Waals surface area (Å²) in [6.07, 6.45) is 0. The zero-order valence-electron chi connectivity index (χ0n) is 14.0. The van der Waals surface area contributed by atoms with Gasteiger partial charge in [-0.25, -0.2) is 4.98 Å². The highest BCUT2D eigenvalue weighted by atomic mass is 32.2. The first-order valence-corrected chi connectivity index (χ1v) is 8.37. The molecule has 2 aromatic rings. The lowest BCUT2D eigenvalue weighted by Gasteiger charge is -2.11. The van der Waals surface area contributed by atoms with E-state index in [9.17, 15) is 20.2 Å². The van der Waals surface area contributed by atoms with Gasteiger partial charge in [0.1, 0.15) is 11.1 Å². The van der Waals surface area contributed by atoms with Gasteiger partial charge >= 0.3 is 0 Å². The van der Waals surface area contributed by atoms with Crippen LogP contribution in [0.3, 0.4) is 0 Å². The van der Waals surface area contributed by atoms with E-state index in [-0.39, 0.29) is 17.3 Å². The Morgan fingerprint density at radius 2 is 2.08 bits per heavy atom. The standard InChI is InChI=1S/C17H16N4O3S/c1-10-11(2)15(8-18)17(19-12(10)3)25-9-16(22)20-13-5-4-6-14(7-13)21(23)24/h4-7H,9H2,1-3H3,(H,20,22). The Labute approximate surface area is 149 Å². The summed E-state index contributed by atoms with van der Waals surface area (Å²) in [5.41, 5.74) is 3.36. The van der Waals surface area contributed by atoms with Crippen LogP contribution >= 0.6 is 11.8 Å². The molecule has 0 atom stereocenters. The summed E-state index contributed by atoms with van der Waals surface area (Å²) in [5.74, 6) is -0.279. The molecule has 2 rings (SSSR count). The van der Waals surface area contributed by atoms with Crippen LogP contribution in [0.5, 0.6) is 0 Å². The van der Waals surface area contributed by atoms with Crippen LogP contribution < -0.4 is 5.32 Å². The molecule has 0 saturated heterocycles. The molecule has 7 nitrogen and oxygen atoms in total. The number of carbonyl (C=O) groups is 1. The van der Waals surface area contributed by atoms with E-state index in [1.165, 1.54) is 30.0 Å². The maximum absolute atomic E-state index is 12.1. The SMILES string of the molecule is Cc1nc(SCC(=O)Nc2cccc([N+](=O)[O-])c2)c(C#N)c(C)c1C. The Morgan fingerprint density at radius 3 is 2.72 bits per heavy atom. The molecule has 0 aliphatic carbocycles. The monoisotopic (exact) mass is 356 g/mol. The number of nitro groups is 1. The minimum absolute atomic E-state index is 0.0479. The van der Waals surface area contributed by atoms with Crippen LogP contribution in [-0.4, -0.2) is 21.6 Å². The highest BCUT2D eigenvalue weighted by Crippen LogP contribution is 2.26. The number of nitrogens with zero attached hydrogens (tertiary/aromatic N) is 3. The maximum Gasteiger partial charge on any atom is 0.271 e. The number of pyridine rings is 1. The molecule has 8 heteroatoms. The van der Waals surface area contributed by atoms with Crippen molar-refractivity contribution in [3.63, 3.8) is 0 Å². The van der Waals surface area contributed by atoms with Crippen molar-refractivity contribution in [1.29, 1.82) is 5.26 Å². The third-order valence-corrected chi connectivity index (χ3v) is 4.73. The normalized spacial score (nSPS) is 10.2. The number of thioether (sulfide) groups is 1. The van der Waals surface area contributed by atoms with Crippen molar-refractivity contribution in [3.8, 4) is 6.07 Å². The van der Waals surface area contributed by atoms with Crippen molar-refractivity contribution in [3.05, 3.63) is 56.8 Å². The first-order chi connectivity index (χ1) is 11.8. The molecule has 0 aliphatic rings. The molecule has 0 aliphatic heterocycles. The van der Waals surface area contributed by atoms with Gasteiger partial charge in [-0.05, 0) is 38.0 Å². The van der Waals surface area contributed by atoms with Crippen LogP contribution in [0.25, 0.3) is 0 Å². The fourth-order valence-corrected chi connectivity index (χ4v) is 3.06. The number of rotatable bonds is 5. The van der Waals surface area contributed by atoms with Gasteiger partial charge in [0.25, 0.3) is 5.69 Å². The molecule has 1 amide bonds. The molecule has 1 aromatic heterocycles. The van der Waals surface area contributed by atoms with Crippen LogP contribution in [-0.2, 0) is 4.79 Å². The Balaban J connectivity index is 2.10. The van der Waals surface area contributed by atoms with E-state index in [0.29, 0.717) is 16.3 Å². The number of nitrogens with one attached hydrogen (secondary N) is 1. The van der Waals surface area contributed by atoms with E-state index in [1.807, 2.05) is 20.8 Å². The molecule has 128 valence electrons. The van der Waals surface area contributed by atoms with Crippen LogP contribution in [0.4, 0.5) is 11.4 Å². The first-order valence-electron chi connectivity index (χ1n) is 7.38. The summed E-state index contributed by atoms with van der Waals surface area (Å²) in [4.78, 5) is 26.7.